The zero-order valence-corrected chi connectivity index (χ0v) is 24.9. The molecule has 0 atom stereocenters. The van der Waals surface area contributed by atoms with E-state index in [2.05, 4.69) is 132 Å². The fraction of sp³-hybridized carbons (Fsp3) is 0. The van der Waals surface area contributed by atoms with E-state index in [1.165, 1.54) is 75.8 Å². The molecule has 0 aliphatic carbocycles. The number of benzene rings is 7. The Morgan fingerprint density at radius 1 is 0.304 bits per heavy atom. The van der Waals surface area contributed by atoms with Crippen LogP contribution in [-0.4, -0.2) is 9.97 Å². The molecule has 2 heterocycles. The van der Waals surface area contributed by atoms with Gasteiger partial charge in [0.15, 0.2) is 0 Å². The highest BCUT2D eigenvalue weighted by Gasteiger charge is 2.16. The monoisotopic (exact) mass is 582 g/mol. The quantitative estimate of drug-likeness (QED) is 0.194. The van der Waals surface area contributed by atoms with Crippen LogP contribution in [0.1, 0.15) is 0 Å². The van der Waals surface area contributed by atoms with E-state index in [-0.39, 0.29) is 0 Å². The zero-order valence-electron chi connectivity index (χ0n) is 24.9. The average Bonchev–Trinajstić information content (AvgIpc) is 3.13. The van der Waals surface area contributed by atoms with Gasteiger partial charge < -0.3 is 0 Å². The van der Waals surface area contributed by atoms with E-state index < -0.39 is 0 Å². The minimum absolute atomic E-state index is 0.874. The van der Waals surface area contributed by atoms with Gasteiger partial charge in [-0.1, -0.05) is 109 Å². The molecular formula is C44H26N2. The van der Waals surface area contributed by atoms with Gasteiger partial charge >= 0.3 is 0 Å². The molecule has 212 valence electrons. The summed E-state index contributed by atoms with van der Waals surface area (Å²) in [5.41, 5.74) is 6.37. The molecule has 0 N–H and O–H groups in total. The Morgan fingerprint density at radius 2 is 0.870 bits per heavy atom. The summed E-state index contributed by atoms with van der Waals surface area (Å²) in [7, 11) is 0. The molecule has 0 bridgehead atoms. The predicted molar refractivity (Wildman–Crippen MR) is 195 cm³/mol. The highest BCUT2D eigenvalue weighted by Crippen LogP contribution is 2.44. The van der Waals surface area contributed by atoms with Crippen molar-refractivity contribution in [1.29, 1.82) is 0 Å². The number of rotatable bonds is 3. The van der Waals surface area contributed by atoms with Gasteiger partial charge in [0.1, 0.15) is 0 Å². The van der Waals surface area contributed by atoms with Crippen LogP contribution in [0.25, 0.3) is 98.3 Å². The first-order valence-electron chi connectivity index (χ1n) is 15.7. The van der Waals surface area contributed by atoms with Crippen LogP contribution in [0.3, 0.4) is 0 Å². The number of hydrogen-bond donors (Lipinski definition) is 0. The van der Waals surface area contributed by atoms with E-state index in [1.807, 2.05) is 24.4 Å². The molecule has 0 unspecified atom stereocenters. The Balaban J connectivity index is 1.26. The Hall–Kier alpha value is -6.12. The maximum Gasteiger partial charge on any atom is 0.0886 e. The second kappa shape index (κ2) is 9.69. The van der Waals surface area contributed by atoms with Gasteiger partial charge in [-0.3, -0.25) is 9.97 Å². The van der Waals surface area contributed by atoms with Crippen molar-refractivity contribution in [2.45, 2.75) is 0 Å². The standard InChI is InChI=1S/C44H26N2/c1-2-22-45-39(15-1)40-21-20-33(26-46-40)30-10-3-11-31(23-30)34-24-32-19-18-29-8-5-13-36-35-12-4-7-27-16-17-28-9-6-14-37(43(28)41(27)35)38(25-34)44(32)42(29)36/h1-26H. The maximum atomic E-state index is 4.75. The molecule has 0 saturated heterocycles. The van der Waals surface area contributed by atoms with Crippen LogP contribution in [0.5, 0.6) is 0 Å². The van der Waals surface area contributed by atoms with Crippen LogP contribution in [0.4, 0.5) is 0 Å². The molecule has 10 rings (SSSR count). The smallest absolute Gasteiger partial charge is 0.0886 e. The summed E-state index contributed by atoms with van der Waals surface area (Å²) in [6.45, 7) is 0. The van der Waals surface area contributed by atoms with Gasteiger partial charge in [-0.05, 0) is 118 Å². The third-order valence-corrected chi connectivity index (χ3v) is 9.64. The summed E-state index contributed by atoms with van der Waals surface area (Å²) in [5, 5.41) is 15.5. The van der Waals surface area contributed by atoms with Crippen molar-refractivity contribution < 1.29 is 0 Å². The highest BCUT2D eigenvalue weighted by molar-refractivity contribution is 6.37. The van der Waals surface area contributed by atoms with Gasteiger partial charge in [0.25, 0.3) is 0 Å². The highest BCUT2D eigenvalue weighted by atomic mass is 14.8. The summed E-state index contributed by atoms with van der Waals surface area (Å²) in [6.07, 6.45) is 3.76. The number of hydrogen-bond acceptors (Lipinski definition) is 2. The van der Waals surface area contributed by atoms with Crippen molar-refractivity contribution in [2.75, 3.05) is 0 Å². The van der Waals surface area contributed by atoms with E-state index in [1.54, 1.807) is 6.20 Å². The second-order valence-corrected chi connectivity index (χ2v) is 12.2. The van der Waals surface area contributed by atoms with Gasteiger partial charge in [0, 0.05) is 18.0 Å². The van der Waals surface area contributed by atoms with Crippen molar-refractivity contribution in [1.82, 2.24) is 9.97 Å². The van der Waals surface area contributed by atoms with Crippen molar-refractivity contribution in [3.63, 3.8) is 0 Å². The van der Waals surface area contributed by atoms with Crippen LogP contribution in [-0.2, 0) is 0 Å². The molecule has 46 heavy (non-hydrogen) atoms. The average molecular weight is 583 g/mol. The molecule has 0 radical (unpaired) electrons. The van der Waals surface area contributed by atoms with Crippen molar-refractivity contribution in [2.24, 2.45) is 0 Å². The van der Waals surface area contributed by atoms with Crippen LogP contribution >= 0.6 is 0 Å². The van der Waals surface area contributed by atoms with Crippen LogP contribution in [0.15, 0.2) is 158 Å². The summed E-state index contributed by atoms with van der Waals surface area (Å²) >= 11 is 0. The van der Waals surface area contributed by atoms with Gasteiger partial charge in [-0.2, -0.15) is 0 Å². The lowest BCUT2D eigenvalue weighted by Gasteiger charge is -2.17. The minimum atomic E-state index is 0.874. The van der Waals surface area contributed by atoms with E-state index >= 15 is 0 Å². The number of fused-ring (bicyclic) bond motifs is 2. The molecule has 0 saturated carbocycles. The van der Waals surface area contributed by atoms with E-state index in [4.69, 9.17) is 4.98 Å². The van der Waals surface area contributed by atoms with Crippen molar-refractivity contribution in [3.05, 3.63) is 158 Å². The first-order chi connectivity index (χ1) is 22.8. The normalized spacial score (nSPS) is 11.9. The van der Waals surface area contributed by atoms with Crippen LogP contribution in [0, 0.1) is 0 Å². The second-order valence-electron chi connectivity index (χ2n) is 12.2. The van der Waals surface area contributed by atoms with Crippen molar-refractivity contribution in [3.8, 4) is 33.6 Å². The summed E-state index contributed by atoms with van der Waals surface area (Å²) < 4.78 is 0. The molecule has 0 amide bonds. The predicted octanol–water partition coefficient (Wildman–Crippen LogP) is 11.8. The lowest BCUT2D eigenvalue weighted by atomic mass is 9.86. The first-order valence-corrected chi connectivity index (χ1v) is 15.7. The van der Waals surface area contributed by atoms with E-state index in [9.17, 15) is 0 Å². The topological polar surface area (TPSA) is 25.8 Å². The van der Waals surface area contributed by atoms with Crippen molar-refractivity contribution >= 4 is 64.6 Å². The van der Waals surface area contributed by atoms with Crippen LogP contribution in [0.2, 0.25) is 0 Å². The van der Waals surface area contributed by atoms with E-state index in [0.717, 1.165) is 22.5 Å². The fourth-order valence-electron chi connectivity index (χ4n) is 7.56. The fourth-order valence-corrected chi connectivity index (χ4v) is 7.56. The molecule has 0 aliphatic heterocycles. The van der Waals surface area contributed by atoms with Gasteiger partial charge in [-0.15, -0.1) is 0 Å². The summed E-state index contributed by atoms with van der Waals surface area (Å²) in [4.78, 5) is 9.20. The van der Waals surface area contributed by atoms with Gasteiger partial charge in [0.2, 0.25) is 0 Å². The molecule has 8 aromatic carbocycles. The molecule has 0 aliphatic rings. The largest absolute Gasteiger partial charge is 0.255 e. The lowest BCUT2D eigenvalue weighted by Crippen LogP contribution is -1.90. The third kappa shape index (κ3) is 3.71. The summed E-state index contributed by atoms with van der Waals surface area (Å²) in [6, 6.07) is 53.1. The number of pyridine rings is 2. The molecule has 2 nitrogen and oxygen atoms in total. The SMILES string of the molecule is c1ccc(-c2ccc(-c3cccc(-c4cc5ccc6cccc7c8cccc9ccc%10cccc(c(c4)c5c67)c%10c98)c3)cn2)nc1. The molecule has 2 aromatic heterocycles. The Labute approximate surface area is 265 Å². The molecule has 2 heteroatoms. The molecular weight excluding hydrogens is 556 g/mol. The Bertz CT molecular complexity index is 2770. The van der Waals surface area contributed by atoms with Crippen LogP contribution < -0.4 is 0 Å². The maximum absolute atomic E-state index is 4.75. The van der Waals surface area contributed by atoms with Gasteiger partial charge in [0.05, 0.1) is 11.4 Å². The lowest BCUT2D eigenvalue weighted by molar-refractivity contribution is 1.25. The number of nitrogens with zero attached hydrogens (tertiary/aromatic N) is 2. The van der Waals surface area contributed by atoms with E-state index in [0.29, 0.717) is 0 Å². The molecule has 0 spiro atoms. The van der Waals surface area contributed by atoms with Gasteiger partial charge in [-0.25, -0.2) is 0 Å². The minimum Gasteiger partial charge on any atom is -0.255 e. The molecule has 10 aromatic rings. The first kappa shape index (κ1) is 25.2. The molecule has 0 fully saturated rings. The third-order valence-electron chi connectivity index (χ3n) is 9.64. The number of aromatic nitrogens is 2. The zero-order chi connectivity index (χ0) is 30.2. The Kier molecular flexibility index (Phi) is 5.31. The summed E-state index contributed by atoms with van der Waals surface area (Å²) in [5.74, 6) is 0. The Morgan fingerprint density at radius 3 is 1.48 bits per heavy atom.